The van der Waals surface area contributed by atoms with Gasteiger partial charge in [-0.05, 0) is 44.5 Å². The van der Waals surface area contributed by atoms with E-state index in [-0.39, 0.29) is 5.91 Å². The zero-order chi connectivity index (χ0) is 19.8. The molecule has 1 aromatic carbocycles. The van der Waals surface area contributed by atoms with Crippen molar-refractivity contribution in [3.8, 4) is 0 Å². The van der Waals surface area contributed by atoms with Gasteiger partial charge in [-0.3, -0.25) is 9.59 Å². The summed E-state index contributed by atoms with van der Waals surface area (Å²) in [4.78, 5) is 28.2. The number of carbonyl (C=O) groups is 2. The number of carboxylic acids is 1. The van der Waals surface area contributed by atoms with Gasteiger partial charge < -0.3 is 19.5 Å². The Hall–Kier alpha value is -2.34. The van der Waals surface area contributed by atoms with E-state index in [9.17, 15) is 14.7 Å². The van der Waals surface area contributed by atoms with Crippen molar-refractivity contribution in [2.75, 3.05) is 26.7 Å². The van der Waals surface area contributed by atoms with Crippen LogP contribution >= 0.6 is 0 Å². The number of likely N-dealkylation sites (N-methyl/N-ethyl adjacent to an activating group) is 1. The SMILES string of the molecule is Cc1ccc2c(c1)c1c(n2CCC(=O)N2CCCC(C(=O)O)C2)CCN(C)C1. The lowest BCUT2D eigenvalue weighted by Crippen LogP contribution is -2.42. The maximum absolute atomic E-state index is 12.8. The van der Waals surface area contributed by atoms with Crippen molar-refractivity contribution >= 4 is 22.8 Å². The fraction of sp³-hybridized carbons (Fsp3) is 0.545. The Kier molecular flexibility index (Phi) is 5.15. The second-order valence-corrected chi connectivity index (χ2v) is 8.35. The van der Waals surface area contributed by atoms with Crippen molar-refractivity contribution in [1.29, 1.82) is 0 Å². The zero-order valence-electron chi connectivity index (χ0n) is 16.8. The number of benzene rings is 1. The summed E-state index contributed by atoms with van der Waals surface area (Å²) < 4.78 is 2.33. The van der Waals surface area contributed by atoms with Gasteiger partial charge in [-0.25, -0.2) is 0 Å². The summed E-state index contributed by atoms with van der Waals surface area (Å²) in [7, 11) is 2.15. The standard InChI is InChI=1S/C22H29N3O3/c1-15-5-6-19-17(12-15)18-14-23(2)10-7-20(18)25(19)11-8-21(26)24-9-3-4-16(13-24)22(27)28/h5-6,12,16H,3-4,7-11,13-14H2,1-2H3,(H,27,28). The molecule has 1 amide bonds. The third kappa shape index (κ3) is 3.53. The molecule has 1 aromatic heterocycles. The highest BCUT2D eigenvalue weighted by atomic mass is 16.4. The molecule has 150 valence electrons. The molecule has 0 bridgehead atoms. The Bertz CT molecular complexity index is 917. The van der Waals surface area contributed by atoms with Gasteiger partial charge in [0.25, 0.3) is 0 Å². The minimum absolute atomic E-state index is 0.0709. The highest BCUT2D eigenvalue weighted by molar-refractivity contribution is 5.87. The number of hydrogen-bond acceptors (Lipinski definition) is 3. The molecule has 6 nitrogen and oxygen atoms in total. The summed E-state index contributed by atoms with van der Waals surface area (Å²) in [5.41, 5.74) is 5.21. The van der Waals surface area contributed by atoms with E-state index in [2.05, 4.69) is 41.6 Å². The fourth-order valence-electron chi connectivity index (χ4n) is 4.72. The van der Waals surface area contributed by atoms with E-state index in [1.165, 1.54) is 27.7 Å². The first-order chi connectivity index (χ1) is 13.4. The summed E-state index contributed by atoms with van der Waals surface area (Å²) in [6, 6.07) is 6.57. The summed E-state index contributed by atoms with van der Waals surface area (Å²) in [5, 5.41) is 10.6. The lowest BCUT2D eigenvalue weighted by atomic mass is 9.98. The number of amides is 1. The van der Waals surface area contributed by atoms with E-state index in [0.29, 0.717) is 32.5 Å². The van der Waals surface area contributed by atoms with Crippen LogP contribution in [0.4, 0.5) is 0 Å². The fourth-order valence-corrected chi connectivity index (χ4v) is 4.72. The minimum atomic E-state index is -0.789. The molecular formula is C22H29N3O3. The number of piperidine rings is 1. The number of likely N-dealkylation sites (tertiary alicyclic amines) is 1. The number of nitrogens with zero attached hydrogens (tertiary/aromatic N) is 3. The van der Waals surface area contributed by atoms with Gasteiger partial charge in [0, 0.05) is 62.2 Å². The molecule has 1 fully saturated rings. The molecule has 6 heteroatoms. The van der Waals surface area contributed by atoms with Crippen LogP contribution < -0.4 is 0 Å². The minimum Gasteiger partial charge on any atom is -0.481 e. The molecule has 1 N–H and O–H groups in total. The van der Waals surface area contributed by atoms with E-state index in [1.807, 2.05) is 0 Å². The van der Waals surface area contributed by atoms with Crippen molar-refractivity contribution in [2.24, 2.45) is 5.92 Å². The van der Waals surface area contributed by atoms with Crippen LogP contribution in [0, 0.1) is 12.8 Å². The monoisotopic (exact) mass is 383 g/mol. The molecule has 1 saturated heterocycles. The normalized spacial score (nSPS) is 20.4. The van der Waals surface area contributed by atoms with Gasteiger partial charge in [-0.15, -0.1) is 0 Å². The summed E-state index contributed by atoms with van der Waals surface area (Å²) >= 11 is 0. The van der Waals surface area contributed by atoms with Crippen LogP contribution in [-0.4, -0.2) is 58.0 Å². The Morgan fingerprint density at radius 3 is 2.86 bits per heavy atom. The van der Waals surface area contributed by atoms with Gasteiger partial charge in [0.1, 0.15) is 0 Å². The number of fused-ring (bicyclic) bond motifs is 3. The number of hydrogen-bond donors (Lipinski definition) is 1. The maximum atomic E-state index is 12.8. The highest BCUT2D eigenvalue weighted by Gasteiger charge is 2.28. The number of carbonyl (C=O) groups excluding carboxylic acids is 1. The first-order valence-corrected chi connectivity index (χ1v) is 10.2. The van der Waals surface area contributed by atoms with Crippen molar-refractivity contribution in [2.45, 2.75) is 45.7 Å². The number of aryl methyl sites for hydroxylation is 2. The van der Waals surface area contributed by atoms with Gasteiger partial charge in [0.2, 0.25) is 5.91 Å². The third-order valence-corrected chi connectivity index (χ3v) is 6.27. The predicted molar refractivity (Wildman–Crippen MR) is 108 cm³/mol. The summed E-state index contributed by atoms with van der Waals surface area (Å²) in [6.07, 6.45) is 2.86. The first kappa shape index (κ1) is 19.0. The Labute approximate surface area is 165 Å². The molecule has 0 saturated carbocycles. The number of carboxylic acid groups (broad SMARTS) is 1. The van der Waals surface area contributed by atoms with Crippen molar-refractivity contribution in [1.82, 2.24) is 14.4 Å². The molecular weight excluding hydrogens is 354 g/mol. The van der Waals surface area contributed by atoms with E-state index < -0.39 is 11.9 Å². The number of rotatable bonds is 4. The Balaban J connectivity index is 1.55. The molecule has 2 aliphatic rings. The molecule has 1 unspecified atom stereocenters. The lowest BCUT2D eigenvalue weighted by Gasteiger charge is -2.31. The molecule has 4 rings (SSSR count). The first-order valence-electron chi connectivity index (χ1n) is 10.2. The maximum Gasteiger partial charge on any atom is 0.308 e. The van der Waals surface area contributed by atoms with Crippen LogP contribution in [0.15, 0.2) is 18.2 Å². The summed E-state index contributed by atoms with van der Waals surface area (Å²) in [6.45, 7) is 5.78. The van der Waals surface area contributed by atoms with Gasteiger partial charge in [0.05, 0.1) is 5.92 Å². The molecule has 2 aliphatic heterocycles. The quantitative estimate of drug-likeness (QED) is 0.882. The molecule has 28 heavy (non-hydrogen) atoms. The van der Waals surface area contributed by atoms with E-state index in [0.717, 1.165) is 25.9 Å². The predicted octanol–water partition coefficient (Wildman–Crippen LogP) is 2.65. The van der Waals surface area contributed by atoms with Gasteiger partial charge >= 0.3 is 5.97 Å². The van der Waals surface area contributed by atoms with E-state index in [4.69, 9.17) is 0 Å². The molecule has 3 heterocycles. The molecule has 2 aromatic rings. The van der Waals surface area contributed by atoms with Gasteiger partial charge in [-0.2, -0.15) is 0 Å². The van der Waals surface area contributed by atoms with Gasteiger partial charge in [0.15, 0.2) is 0 Å². The van der Waals surface area contributed by atoms with Crippen molar-refractivity contribution in [3.63, 3.8) is 0 Å². The van der Waals surface area contributed by atoms with Crippen LogP contribution in [-0.2, 0) is 29.1 Å². The molecule has 0 aliphatic carbocycles. The van der Waals surface area contributed by atoms with Gasteiger partial charge in [-0.1, -0.05) is 11.6 Å². The van der Waals surface area contributed by atoms with Crippen molar-refractivity contribution < 1.29 is 14.7 Å². The number of aromatic nitrogens is 1. The number of aliphatic carboxylic acids is 1. The van der Waals surface area contributed by atoms with Crippen LogP contribution in [0.25, 0.3) is 10.9 Å². The second kappa shape index (κ2) is 7.59. The average molecular weight is 383 g/mol. The van der Waals surface area contributed by atoms with Crippen LogP contribution in [0.1, 0.15) is 36.1 Å². The summed E-state index contributed by atoms with van der Waals surface area (Å²) in [5.74, 6) is -1.14. The van der Waals surface area contributed by atoms with E-state index in [1.54, 1.807) is 4.90 Å². The molecule has 0 radical (unpaired) electrons. The topological polar surface area (TPSA) is 65.8 Å². The van der Waals surface area contributed by atoms with Crippen LogP contribution in [0.5, 0.6) is 0 Å². The second-order valence-electron chi connectivity index (χ2n) is 8.35. The average Bonchev–Trinajstić information content (AvgIpc) is 2.98. The third-order valence-electron chi connectivity index (χ3n) is 6.27. The highest BCUT2D eigenvalue weighted by Crippen LogP contribution is 2.31. The smallest absolute Gasteiger partial charge is 0.308 e. The van der Waals surface area contributed by atoms with Crippen LogP contribution in [0.3, 0.4) is 0 Å². The largest absolute Gasteiger partial charge is 0.481 e. The Morgan fingerprint density at radius 1 is 1.25 bits per heavy atom. The molecule has 0 spiro atoms. The Morgan fingerprint density at radius 2 is 2.07 bits per heavy atom. The zero-order valence-corrected chi connectivity index (χ0v) is 16.8. The van der Waals surface area contributed by atoms with Crippen molar-refractivity contribution in [3.05, 3.63) is 35.0 Å². The lowest BCUT2D eigenvalue weighted by molar-refractivity contribution is -0.145. The van der Waals surface area contributed by atoms with Crippen LogP contribution in [0.2, 0.25) is 0 Å². The van der Waals surface area contributed by atoms with E-state index >= 15 is 0 Å². The molecule has 1 atom stereocenters.